The molecule has 0 saturated carbocycles. The first-order chi connectivity index (χ1) is 11.1. The number of quaternary nitrogens is 1. The van der Waals surface area contributed by atoms with Crippen molar-refractivity contribution in [2.24, 2.45) is 0 Å². The number of hydrogen-bond acceptors (Lipinski definition) is 2. The topological polar surface area (TPSA) is 54.9 Å². The summed E-state index contributed by atoms with van der Waals surface area (Å²) in [6.45, 7) is 4.58. The van der Waals surface area contributed by atoms with Gasteiger partial charge in [-0.05, 0) is 25.5 Å². The maximum Gasteiger partial charge on any atom is 0.282 e. The fourth-order valence-electron chi connectivity index (χ4n) is 2.61. The van der Waals surface area contributed by atoms with E-state index in [-0.39, 0.29) is 18.0 Å². The molecule has 0 aliphatic heterocycles. The number of carbonyl (C=O) groups is 1. The summed E-state index contributed by atoms with van der Waals surface area (Å²) < 4.78 is 5.12. The third kappa shape index (κ3) is 4.91. The molecule has 1 amide bonds. The number of nitrogens with one attached hydrogen (secondary N) is 1. The molecule has 3 N–H and O–H groups in total. The van der Waals surface area contributed by atoms with Gasteiger partial charge in [0.1, 0.15) is 6.04 Å². The molecule has 0 saturated heterocycles. The lowest BCUT2D eigenvalue weighted by atomic mass is 10.0. The van der Waals surface area contributed by atoms with Crippen LogP contribution in [-0.2, 0) is 9.53 Å². The number of ether oxygens (including phenoxy) is 1. The number of rotatable bonds is 7. The lowest BCUT2D eigenvalue weighted by Crippen LogP contribution is -2.96. The number of amides is 1. The SMILES string of the molecule is COC[C@H](C)[NH2+][C@@H](C)C(=O)Nc1ccccc1-c1ccccc1. The number of carbonyl (C=O) groups excluding carboxylic acids is 1. The summed E-state index contributed by atoms with van der Waals surface area (Å²) in [5.41, 5.74) is 2.95. The highest BCUT2D eigenvalue weighted by molar-refractivity contribution is 5.97. The van der Waals surface area contributed by atoms with Gasteiger partial charge in [-0.3, -0.25) is 4.79 Å². The van der Waals surface area contributed by atoms with Crippen LogP contribution in [0.15, 0.2) is 54.6 Å². The average molecular weight is 313 g/mol. The second kappa shape index (κ2) is 8.46. The largest absolute Gasteiger partial charge is 0.379 e. The molecule has 0 radical (unpaired) electrons. The molecule has 2 aromatic carbocycles. The minimum atomic E-state index is -0.177. The lowest BCUT2D eigenvalue weighted by molar-refractivity contribution is -0.704. The number of benzene rings is 2. The predicted octanol–water partition coefficient (Wildman–Crippen LogP) is 2.28. The van der Waals surface area contributed by atoms with Crippen LogP contribution >= 0.6 is 0 Å². The zero-order valence-electron chi connectivity index (χ0n) is 14.0. The third-order valence-electron chi connectivity index (χ3n) is 3.73. The molecule has 23 heavy (non-hydrogen) atoms. The quantitative estimate of drug-likeness (QED) is 0.824. The zero-order chi connectivity index (χ0) is 16.7. The molecule has 0 spiro atoms. The molecule has 2 rings (SSSR count). The van der Waals surface area contributed by atoms with Crippen molar-refractivity contribution in [1.29, 1.82) is 0 Å². The molecule has 2 atom stereocenters. The van der Waals surface area contributed by atoms with E-state index in [2.05, 4.69) is 5.32 Å². The van der Waals surface area contributed by atoms with Crippen LogP contribution in [0.2, 0.25) is 0 Å². The highest BCUT2D eigenvalue weighted by atomic mass is 16.5. The third-order valence-corrected chi connectivity index (χ3v) is 3.73. The van der Waals surface area contributed by atoms with E-state index in [4.69, 9.17) is 4.74 Å². The minimum absolute atomic E-state index is 0.00339. The molecular formula is C19H25N2O2+. The fraction of sp³-hybridized carbons (Fsp3) is 0.316. The van der Waals surface area contributed by atoms with E-state index in [0.29, 0.717) is 6.61 Å². The maximum atomic E-state index is 12.5. The molecule has 4 nitrogen and oxygen atoms in total. The molecule has 0 bridgehead atoms. The Morgan fingerprint density at radius 3 is 2.43 bits per heavy atom. The second-order valence-electron chi connectivity index (χ2n) is 5.81. The van der Waals surface area contributed by atoms with Crippen LogP contribution in [0.5, 0.6) is 0 Å². The van der Waals surface area contributed by atoms with E-state index in [9.17, 15) is 4.79 Å². The highest BCUT2D eigenvalue weighted by Gasteiger charge is 2.20. The van der Waals surface area contributed by atoms with Gasteiger partial charge in [0, 0.05) is 18.4 Å². The molecule has 0 heterocycles. The predicted molar refractivity (Wildman–Crippen MR) is 93.2 cm³/mol. The van der Waals surface area contributed by atoms with E-state index in [1.54, 1.807) is 7.11 Å². The van der Waals surface area contributed by atoms with Gasteiger partial charge in [-0.1, -0.05) is 48.5 Å². The van der Waals surface area contributed by atoms with Crippen LogP contribution < -0.4 is 10.6 Å². The standard InChI is InChI=1S/C19H24N2O2/c1-14(13-23-3)20-15(2)19(22)21-18-12-8-7-11-17(18)16-9-5-4-6-10-16/h4-12,14-15,20H,13H2,1-3H3,(H,21,22)/p+1/t14-,15-/m0/s1. The second-order valence-corrected chi connectivity index (χ2v) is 5.81. The smallest absolute Gasteiger partial charge is 0.282 e. The normalized spacial score (nSPS) is 13.3. The van der Waals surface area contributed by atoms with Crippen molar-refractivity contribution in [3.63, 3.8) is 0 Å². The van der Waals surface area contributed by atoms with Crippen LogP contribution in [0.1, 0.15) is 13.8 Å². The molecule has 0 aromatic heterocycles. The van der Waals surface area contributed by atoms with Gasteiger partial charge in [0.25, 0.3) is 5.91 Å². The minimum Gasteiger partial charge on any atom is -0.379 e. The van der Waals surface area contributed by atoms with E-state index >= 15 is 0 Å². The first-order valence-corrected chi connectivity index (χ1v) is 7.91. The summed E-state index contributed by atoms with van der Waals surface area (Å²) in [5, 5.41) is 5.06. The Kier molecular flexibility index (Phi) is 6.32. The van der Waals surface area contributed by atoms with Crippen molar-refractivity contribution in [2.45, 2.75) is 25.9 Å². The lowest BCUT2D eigenvalue weighted by Gasteiger charge is -2.17. The Morgan fingerprint density at radius 1 is 1.09 bits per heavy atom. The number of methoxy groups -OCH3 is 1. The van der Waals surface area contributed by atoms with Crippen LogP contribution in [-0.4, -0.2) is 31.7 Å². The molecule has 122 valence electrons. The number of nitrogens with two attached hydrogens (primary N) is 1. The van der Waals surface area contributed by atoms with E-state index < -0.39 is 0 Å². The van der Waals surface area contributed by atoms with Crippen LogP contribution in [0.4, 0.5) is 5.69 Å². The molecule has 2 aromatic rings. The van der Waals surface area contributed by atoms with Gasteiger partial charge in [-0.25, -0.2) is 0 Å². The van der Waals surface area contributed by atoms with Gasteiger partial charge in [0.2, 0.25) is 0 Å². The summed E-state index contributed by atoms with van der Waals surface area (Å²) in [7, 11) is 1.67. The number of para-hydroxylation sites is 1. The van der Waals surface area contributed by atoms with Gasteiger partial charge >= 0.3 is 0 Å². The molecule has 0 unspecified atom stereocenters. The zero-order valence-corrected chi connectivity index (χ0v) is 14.0. The van der Waals surface area contributed by atoms with Gasteiger partial charge in [-0.2, -0.15) is 0 Å². The van der Waals surface area contributed by atoms with Crippen LogP contribution in [0.3, 0.4) is 0 Å². The molecule has 0 fully saturated rings. The van der Waals surface area contributed by atoms with E-state index in [0.717, 1.165) is 16.8 Å². The monoisotopic (exact) mass is 313 g/mol. The van der Waals surface area contributed by atoms with Crippen LogP contribution in [0.25, 0.3) is 11.1 Å². The molecule has 0 aliphatic rings. The van der Waals surface area contributed by atoms with Crippen molar-refractivity contribution in [3.8, 4) is 11.1 Å². The number of hydrogen-bond donors (Lipinski definition) is 2. The highest BCUT2D eigenvalue weighted by Crippen LogP contribution is 2.27. The summed E-state index contributed by atoms with van der Waals surface area (Å²) >= 11 is 0. The fourth-order valence-corrected chi connectivity index (χ4v) is 2.61. The van der Waals surface area contributed by atoms with Crippen molar-refractivity contribution in [2.75, 3.05) is 19.0 Å². The summed E-state index contributed by atoms with van der Waals surface area (Å²) in [6, 6.07) is 18.0. The first-order valence-electron chi connectivity index (χ1n) is 7.91. The molecule has 4 heteroatoms. The summed E-state index contributed by atoms with van der Waals surface area (Å²) in [6.07, 6.45) is 0. The molecular weight excluding hydrogens is 288 g/mol. The van der Waals surface area contributed by atoms with Gasteiger partial charge in [-0.15, -0.1) is 0 Å². The Bertz CT molecular complexity index is 628. The van der Waals surface area contributed by atoms with E-state index in [1.807, 2.05) is 73.8 Å². The molecule has 0 aliphatic carbocycles. The average Bonchev–Trinajstić information content (AvgIpc) is 2.56. The van der Waals surface area contributed by atoms with Crippen molar-refractivity contribution in [3.05, 3.63) is 54.6 Å². The number of anilines is 1. The van der Waals surface area contributed by atoms with E-state index in [1.165, 1.54) is 0 Å². The van der Waals surface area contributed by atoms with Crippen LogP contribution in [0, 0.1) is 0 Å². The Hall–Kier alpha value is -2.17. The summed E-state index contributed by atoms with van der Waals surface area (Å²) in [4.78, 5) is 12.5. The van der Waals surface area contributed by atoms with Gasteiger partial charge in [0.15, 0.2) is 6.04 Å². The van der Waals surface area contributed by atoms with Gasteiger partial charge in [0.05, 0.1) is 6.61 Å². The van der Waals surface area contributed by atoms with Crippen molar-refractivity contribution in [1.82, 2.24) is 0 Å². The van der Waals surface area contributed by atoms with Crippen molar-refractivity contribution >= 4 is 11.6 Å². The Balaban J connectivity index is 2.10. The maximum absolute atomic E-state index is 12.5. The first kappa shape index (κ1) is 17.2. The summed E-state index contributed by atoms with van der Waals surface area (Å²) in [5.74, 6) is -0.00339. The Morgan fingerprint density at radius 2 is 1.74 bits per heavy atom. The van der Waals surface area contributed by atoms with Crippen molar-refractivity contribution < 1.29 is 14.8 Å². The van der Waals surface area contributed by atoms with Gasteiger partial charge < -0.3 is 15.4 Å². The Labute approximate surface area is 137 Å².